The molecule has 0 saturated carbocycles. The number of carbonyl (C=O) groups is 2. The molecule has 2 aliphatic heterocycles. The van der Waals surface area contributed by atoms with Crippen molar-refractivity contribution in [2.24, 2.45) is 0 Å². The molecule has 0 bridgehead atoms. The molecule has 2 saturated heterocycles. The number of aliphatic hydroxyl groups excluding tert-OH is 3. The van der Waals surface area contributed by atoms with E-state index in [1.807, 2.05) is 13.0 Å². The van der Waals surface area contributed by atoms with Crippen molar-refractivity contribution in [2.75, 3.05) is 31.7 Å². The van der Waals surface area contributed by atoms with E-state index in [1.54, 1.807) is 12.1 Å². The third kappa shape index (κ3) is 5.97. The maximum absolute atomic E-state index is 14.5. The van der Waals surface area contributed by atoms with Crippen molar-refractivity contribution in [3.05, 3.63) is 64.0 Å². The van der Waals surface area contributed by atoms with Gasteiger partial charge in [0.15, 0.2) is 23.6 Å². The Morgan fingerprint density at radius 1 is 1.18 bits per heavy atom. The summed E-state index contributed by atoms with van der Waals surface area (Å²) in [6.07, 6.45) is -4.90. The second-order valence-corrected chi connectivity index (χ2v) is 11.6. The van der Waals surface area contributed by atoms with E-state index in [9.17, 15) is 38.1 Å². The average Bonchev–Trinajstić information content (AvgIpc) is 3.62. The van der Waals surface area contributed by atoms with Crippen LogP contribution in [-0.2, 0) is 19.1 Å². The van der Waals surface area contributed by atoms with Gasteiger partial charge in [-0.2, -0.15) is 0 Å². The van der Waals surface area contributed by atoms with E-state index in [4.69, 9.17) is 9.47 Å². The van der Waals surface area contributed by atoms with Gasteiger partial charge in [-0.3, -0.25) is 9.59 Å². The number of rotatable bonds is 8. The average molecular weight is 684 g/mol. The minimum Gasteiger partial charge on any atom is -0.394 e. The molecule has 12 nitrogen and oxygen atoms in total. The molecule has 5 rings (SSSR count). The number of carbonyl (C=O) groups excluding carboxylic acids is 2. The molecule has 0 aliphatic carbocycles. The topological polar surface area (TPSA) is 150 Å². The van der Waals surface area contributed by atoms with E-state index in [0.717, 1.165) is 22.4 Å². The van der Waals surface area contributed by atoms with Crippen LogP contribution >= 0.6 is 15.9 Å². The summed E-state index contributed by atoms with van der Waals surface area (Å²) in [7, 11) is 1.27. The number of ether oxygens (including phenoxy) is 2. The van der Waals surface area contributed by atoms with Crippen LogP contribution in [0.15, 0.2) is 41.0 Å². The van der Waals surface area contributed by atoms with Crippen LogP contribution in [0.2, 0.25) is 0 Å². The number of β-amino-alcohol motifs (C(OH)–C–C–N with tert-alkyl or cyclic N) is 1. The van der Waals surface area contributed by atoms with Gasteiger partial charge in [0, 0.05) is 35.9 Å². The first-order valence-corrected chi connectivity index (χ1v) is 14.3. The van der Waals surface area contributed by atoms with Gasteiger partial charge in [-0.05, 0) is 42.8 Å². The third-order valence-electron chi connectivity index (χ3n) is 7.79. The highest BCUT2D eigenvalue weighted by Crippen LogP contribution is 2.36. The number of nitrogens with zero attached hydrogens (tertiary/aromatic N) is 5. The molecule has 44 heavy (non-hydrogen) atoms. The van der Waals surface area contributed by atoms with Crippen molar-refractivity contribution < 1.29 is 47.6 Å². The molecule has 1 aromatic heterocycles. The largest absolute Gasteiger partial charge is 0.394 e. The first-order chi connectivity index (χ1) is 21.0. The summed E-state index contributed by atoms with van der Waals surface area (Å²) in [6, 6.07) is 4.55. The van der Waals surface area contributed by atoms with Crippen molar-refractivity contribution >= 4 is 33.9 Å². The highest BCUT2D eigenvalue weighted by molar-refractivity contribution is 9.10. The number of aryl methyl sites for hydroxylation is 1. The number of hydrogen-bond acceptors (Lipinski definition) is 9. The molecule has 2 fully saturated rings. The maximum atomic E-state index is 14.5. The van der Waals surface area contributed by atoms with E-state index in [2.05, 4.69) is 26.2 Å². The maximum Gasteiger partial charge on any atom is 0.259 e. The molecule has 3 aromatic rings. The van der Waals surface area contributed by atoms with E-state index < -0.39 is 72.6 Å². The van der Waals surface area contributed by atoms with Crippen LogP contribution < -0.4 is 4.90 Å². The summed E-state index contributed by atoms with van der Waals surface area (Å²) in [5, 5.41) is 40.1. The summed E-state index contributed by atoms with van der Waals surface area (Å²) in [5.41, 5.74) is 0.948. The number of methoxy groups -OCH3 is 1. The number of aliphatic hydroxyl groups is 3. The van der Waals surface area contributed by atoms with Gasteiger partial charge in [0.2, 0.25) is 6.41 Å². The summed E-state index contributed by atoms with van der Waals surface area (Å²) < 4.78 is 54.7. The monoisotopic (exact) mass is 683 g/mol. The number of benzene rings is 2. The zero-order chi connectivity index (χ0) is 31.9. The highest BCUT2D eigenvalue weighted by Gasteiger charge is 2.52. The van der Waals surface area contributed by atoms with Gasteiger partial charge in [0.05, 0.1) is 24.9 Å². The van der Waals surface area contributed by atoms with Crippen LogP contribution in [0.1, 0.15) is 11.6 Å². The third-order valence-corrected chi connectivity index (χ3v) is 8.25. The normalized spacial score (nSPS) is 27.0. The first kappa shape index (κ1) is 32.0. The van der Waals surface area contributed by atoms with Gasteiger partial charge in [-0.25, -0.2) is 17.9 Å². The van der Waals surface area contributed by atoms with Gasteiger partial charge < -0.3 is 34.6 Å². The number of aromatic nitrogens is 3. The minimum absolute atomic E-state index is 0.0129. The Hall–Kier alpha value is -3.41. The van der Waals surface area contributed by atoms with Crippen LogP contribution in [-0.4, -0.2) is 111 Å². The highest BCUT2D eigenvalue weighted by atomic mass is 79.9. The molecular formula is C28H29BrF3N5O7. The van der Waals surface area contributed by atoms with Gasteiger partial charge >= 0.3 is 0 Å². The quantitative estimate of drug-likeness (QED) is 0.236. The van der Waals surface area contributed by atoms with Crippen molar-refractivity contribution in [2.45, 2.75) is 49.5 Å². The van der Waals surface area contributed by atoms with Gasteiger partial charge in [-0.15, -0.1) is 5.10 Å². The smallest absolute Gasteiger partial charge is 0.259 e. The summed E-state index contributed by atoms with van der Waals surface area (Å²) in [4.78, 5) is 28.6. The lowest BCUT2D eigenvalue weighted by Gasteiger charge is -2.45. The zero-order valence-corrected chi connectivity index (χ0v) is 25.0. The van der Waals surface area contributed by atoms with Crippen molar-refractivity contribution in [1.82, 2.24) is 19.9 Å². The Labute approximate surface area is 257 Å². The molecule has 7 atom stereocenters. The number of amides is 2. The lowest BCUT2D eigenvalue weighted by Crippen LogP contribution is -2.63. The molecule has 3 N–H and O–H groups in total. The number of anilines is 1. The molecule has 2 aliphatic rings. The molecule has 0 radical (unpaired) electrons. The van der Waals surface area contributed by atoms with E-state index >= 15 is 0 Å². The molecule has 236 valence electrons. The Kier molecular flexibility index (Phi) is 9.38. The minimum atomic E-state index is -1.65. The van der Waals surface area contributed by atoms with Gasteiger partial charge in [0.1, 0.15) is 30.0 Å². The van der Waals surface area contributed by atoms with Crippen LogP contribution in [0.3, 0.4) is 0 Å². The molecule has 3 heterocycles. The van der Waals surface area contributed by atoms with Crippen molar-refractivity contribution in [1.29, 1.82) is 0 Å². The van der Waals surface area contributed by atoms with Crippen LogP contribution in [0.4, 0.5) is 18.9 Å². The standard InChI is InChI=1S/C28H29BrF3N5O7/c1-13-3-15(29)7-16(4-13)37(20-9-35(12-39)10-21(20)40)28(42)27-26(43-2)24(25(41)22(11-38)44-27)36-8-19(33-34-36)14-5-17(30)23(32)18(31)6-14/h3-8,12,20-22,24-27,38,40-41H,9-11H2,1-2H3/t20-,21-,22?,24?,25?,26?,27?/m0/s1. The fraction of sp³-hybridized carbons (Fsp3) is 0.429. The Bertz CT molecular complexity index is 1500. The number of halogens is 4. The Morgan fingerprint density at radius 2 is 1.89 bits per heavy atom. The first-order valence-electron chi connectivity index (χ1n) is 13.5. The zero-order valence-electron chi connectivity index (χ0n) is 23.4. The van der Waals surface area contributed by atoms with Gasteiger partial charge in [0.25, 0.3) is 5.91 Å². The number of hydrogen-bond donors (Lipinski definition) is 3. The molecule has 2 amide bonds. The van der Waals surface area contributed by atoms with E-state index in [0.29, 0.717) is 16.6 Å². The van der Waals surface area contributed by atoms with Gasteiger partial charge in [-0.1, -0.05) is 21.1 Å². The fourth-order valence-electron chi connectivity index (χ4n) is 5.73. The summed E-state index contributed by atoms with van der Waals surface area (Å²) in [6.45, 7) is 1.09. The lowest BCUT2D eigenvalue weighted by atomic mass is 9.91. The predicted octanol–water partition coefficient (Wildman–Crippen LogP) is 1.34. The second-order valence-electron chi connectivity index (χ2n) is 10.7. The van der Waals surface area contributed by atoms with Crippen LogP contribution in [0, 0.1) is 24.4 Å². The molecule has 2 aromatic carbocycles. The van der Waals surface area contributed by atoms with E-state index in [1.165, 1.54) is 23.1 Å². The predicted molar refractivity (Wildman–Crippen MR) is 151 cm³/mol. The lowest BCUT2D eigenvalue weighted by molar-refractivity contribution is -0.211. The van der Waals surface area contributed by atoms with Crippen molar-refractivity contribution in [3.63, 3.8) is 0 Å². The fourth-order valence-corrected chi connectivity index (χ4v) is 6.33. The van der Waals surface area contributed by atoms with Crippen LogP contribution in [0.25, 0.3) is 11.3 Å². The van der Waals surface area contributed by atoms with Crippen LogP contribution in [0.5, 0.6) is 0 Å². The SMILES string of the molecule is COC1C(C(=O)N(c2cc(C)cc(Br)c2)[C@H]2CN(C=O)C[C@@H]2O)OC(CO)C(O)C1n1cc(-c2cc(F)c(F)c(F)c2)nn1. The Morgan fingerprint density at radius 3 is 2.48 bits per heavy atom. The molecule has 16 heteroatoms. The van der Waals surface area contributed by atoms with E-state index in [-0.39, 0.29) is 24.3 Å². The van der Waals surface area contributed by atoms with Crippen molar-refractivity contribution in [3.8, 4) is 11.3 Å². The molecular weight excluding hydrogens is 655 g/mol. The molecule has 5 unspecified atom stereocenters. The Balaban J connectivity index is 1.55. The number of likely N-dealkylation sites (tertiary alicyclic amines) is 1. The summed E-state index contributed by atoms with van der Waals surface area (Å²) >= 11 is 3.43. The molecule has 0 spiro atoms. The summed E-state index contributed by atoms with van der Waals surface area (Å²) in [5.74, 6) is -5.23. The second kappa shape index (κ2) is 12.9.